The first-order valence-corrected chi connectivity index (χ1v) is 8.88. The van der Waals surface area contributed by atoms with Gasteiger partial charge in [-0.15, -0.1) is 0 Å². The Hall–Kier alpha value is -0.740. The van der Waals surface area contributed by atoms with Crippen molar-refractivity contribution in [2.75, 3.05) is 0 Å². The Kier molecular flexibility index (Phi) is 4.89. The third-order valence-electron chi connectivity index (χ3n) is 3.23. The van der Waals surface area contributed by atoms with Gasteiger partial charge in [0.05, 0.1) is 4.90 Å². The van der Waals surface area contributed by atoms with E-state index < -0.39 is 14.0 Å². The summed E-state index contributed by atoms with van der Waals surface area (Å²) in [5.41, 5.74) is 0.369. The van der Waals surface area contributed by atoms with Crippen molar-refractivity contribution in [2.24, 2.45) is 0 Å². The van der Waals surface area contributed by atoms with E-state index in [2.05, 4.69) is 0 Å². The number of benzene rings is 2. The van der Waals surface area contributed by atoms with Gasteiger partial charge in [-0.3, -0.25) is 0 Å². The normalized spacial score (nSPS) is 14.7. The molecule has 0 saturated carbocycles. The molecule has 0 heterocycles. The molecule has 0 aliphatic rings. The molecule has 21 heavy (non-hydrogen) atoms. The van der Waals surface area contributed by atoms with Crippen molar-refractivity contribution in [3.05, 3.63) is 64.1 Å². The van der Waals surface area contributed by atoms with Gasteiger partial charge in [0.1, 0.15) is 0 Å². The zero-order valence-corrected chi connectivity index (χ0v) is 14.3. The second kappa shape index (κ2) is 6.17. The summed E-state index contributed by atoms with van der Waals surface area (Å²) in [4.78, 5) is 0.165. The summed E-state index contributed by atoms with van der Waals surface area (Å²) < 4.78 is 24.2. The highest BCUT2D eigenvalue weighted by molar-refractivity contribution is 7.93. The second-order valence-corrected chi connectivity index (χ2v) is 8.47. The van der Waals surface area contributed by atoms with Crippen LogP contribution in [0.4, 0.5) is 0 Å². The molecule has 0 saturated heterocycles. The summed E-state index contributed by atoms with van der Waals surface area (Å²) in [5.74, 6) is 0. The molecule has 0 N–H and O–H groups in total. The molecule has 0 amide bonds. The Morgan fingerprint density at radius 1 is 1.00 bits per heavy atom. The lowest BCUT2D eigenvalue weighted by Gasteiger charge is -2.26. The Balaban J connectivity index is 2.66. The van der Waals surface area contributed by atoms with Crippen LogP contribution in [-0.4, -0.2) is 8.42 Å². The van der Waals surface area contributed by atoms with Crippen LogP contribution in [0.1, 0.15) is 18.9 Å². The average Bonchev–Trinajstić information content (AvgIpc) is 2.46. The second-order valence-electron chi connectivity index (χ2n) is 4.56. The molecule has 2 aromatic carbocycles. The van der Waals surface area contributed by atoms with Gasteiger partial charge in [0, 0.05) is 10.0 Å². The molecule has 0 bridgehead atoms. The Labute approximate surface area is 139 Å². The number of hydrogen-bond acceptors (Lipinski definition) is 2. The summed E-state index contributed by atoms with van der Waals surface area (Å²) in [6, 6.07) is 12.7. The minimum absolute atomic E-state index is 0.165. The van der Waals surface area contributed by atoms with E-state index in [1.807, 2.05) is 0 Å². The van der Waals surface area contributed by atoms with Crippen LogP contribution in [0, 0.1) is 0 Å². The van der Waals surface area contributed by atoms with Crippen LogP contribution in [0.2, 0.25) is 10.0 Å². The highest BCUT2D eigenvalue weighted by atomic mass is 35.5. The van der Waals surface area contributed by atoms with Gasteiger partial charge < -0.3 is 0 Å². The fourth-order valence-corrected chi connectivity index (χ4v) is 4.70. The van der Waals surface area contributed by atoms with Crippen molar-refractivity contribution in [1.29, 1.82) is 0 Å². The van der Waals surface area contributed by atoms with E-state index in [-0.39, 0.29) is 11.3 Å². The van der Waals surface area contributed by atoms with Crippen molar-refractivity contribution < 1.29 is 8.42 Å². The zero-order chi connectivity index (χ0) is 15.7. The molecular formula is C15H13Cl3O2S. The maximum atomic E-state index is 12.9. The van der Waals surface area contributed by atoms with Gasteiger partial charge in [-0.05, 0) is 42.3 Å². The maximum Gasteiger partial charge on any atom is 0.202 e. The molecular weight excluding hydrogens is 351 g/mol. The van der Waals surface area contributed by atoms with E-state index >= 15 is 0 Å². The standard InChI is InChI=1S/C15H13Cl3O2S/c1-2-15(18,11-8-12(16)10-13(17)9-11)21(19,20)14-6-4-3-5-7-14/h3-10H,2H2,1H3. The highest BCUT2D eigenvalue weighted by Gasteiger charge is 2.43. The van der Waals surface area contributed by atoms with Gasteiger partial charge in [0.2, 0.25) is 9.84 Å². The first kappa shape index (κ1) is 16.6. The van der Waals surface area contributed by atoms with Crippen LogP contribution in [-0.2, 0) is 14.0 Å². The smallest absolute Gasteiger partial charge is 0.202 e. The van der Waals surface area contributed by atoms with Crippen LogP contribution >= 0.6 is 34.8 Å². The lowest BCUT2D eigenvalue weighted by Crippen LogP contribution is -2.29. The molecule has 0 radical (unpaired) electrons. The van der Waals surface area contributed by atoms with Gasteiger partial charge in [-0.1, -0.05) is 59.9 Å². The molecule has 112 valence electrons. The fourth-order valence-electron chi connectivity index (χ4n) is 2.11. The Morgan fingerprint density at radius 3 is 2.00 bits per heavy atom. The van der Waals surface area contributed by atoms with Crippen molar-refractivity contribution in [1.82, 2.24) is 0 Å². The first-order valence-electron chi connectivity index (χ1n) is 6.26. The molecule has 1 unspecified atom stereocenters. The van der Waals surface area contributed by atoms with E-state index in [1.165, 1.54) is 30.3 Å². The number of halogens is 3. The third-order valence-corrected chi connectivity index (χ3v) is 7.03. The monoisotopic (exact) mass is 362 g/mol. The summed E-state index contributed by atoms with van der Waals surface area (Å²) in [5, 5.41) is 0.693. The molecule has 0 aromatic heterocycles. The Bertz CT molecular complexity index is 725. The molecule has 2 nitrogen and oxygen atoms in total. The molecule has 0 spiro atoms. The molecule has 0 fully saturated rings. The van der Waals surface area contributed by atoms with Crippen LogP contribution in [0.15, 0.2) is 53.4 Å². The minimum atomic E-state index is -3.79. The number of alkyl halides is 1. The first-order chi connectivity index (χ1) is 9.81. The van der Waals surface area contributed by atoms with Crippen LogP contribution < -0.4 is 0 Å². The van der Waals surface area contributed by atoms with E-state index in [0.717, 1.165) is 0 Å². The third kappa shape index (κ3) is 3.07. The van der Waals surface area contributed by atoms with Gasteiger partial charge in [0.25, 0.3) is 0 Å². The lowest BCUT2D eigenvalue weighted by atomic mass is 10.1. The van der Waals surface area contributed by atoms with Gasteiger partial charge in [-0.25, -0.2) is 8.42 Å². The maximum absolute atomic E-state index is 12.9. The predicted molar refractivity (Wildman–Crippen MR) is 87.9 cm³/mol. The van der Waals surface area contributed by atoms with Crippen LogP contribution in [0.5, 0.6) is 0 Å². The quantitative estimate of drug-likeness (QED) is 0.693. The van der Waals surface area contributed by atoms with Crippen molar-refractivity contribution in [3.8, 4) is 0 Å². The molecule has 6 heteroatoms. The molecule has 1 atom stereocenters. The van der Waals surface area contributed by atoms with Crippen LogP contribution in [0.3, 0.4) is 0 Å². The molecule has 0 aliphatic carbocycles. The highest BCUT2D eigenvalue weighted by Crippen LogP contribution is 2.43. The summed E-state index contributed by atoms with van der Waals surface area (Å²) in [6.07, 6.45) is 0.183. The average molecular weight is 364 g/mol. The van der Waals surface area contributed by atoms with Crippen molar-refractivity contribution in [3.63, 3.8) is 0 Å². The Morgan fingerprint density at radius 2 is 1.52 bits per heavy atom. The topological polar surface area (TPSA) is 34.1 Å². The largest absolute Gasteiger partial charge is 0.221 e. The van der Waals surface area contributed by atoms with Crippen molar-refractivity contribution in [2.45, 2.75) is 22.4 Å². The summed E-state index contributed by atoms with van der Waals surface area (Å²) >= 11 is 18.5. The van der Waals surface area contributed by atoms with E-state index in [9.17, 15) is 8.42 Å². The van der Waals surface area contributed by atoms with Gasteiger partial charge in [-0.2, -0.15) is 0 Å². The summed E-state index contributed by atoms with van der Waals surface area (Å²) in [6.45, 7) is 1.71. The van der Waals surface area contributed by atoms with Crippen LogP contribution in [0.25, 0.3) is 0 Å². The zero-order valence-electron chi connectivity index (χ0n) is 11.2. The predicted octanol–water partition coefficient (Wildman–Crippen LogP) is 5.27. The van der Waals surface area contributed by atoms with E-state index in [4.69, 9.17) is 34.8 Å². The van der Waals surface area contributed by atoms with E-state index in [1.54, 1.807) is 25.1 Å². The van der Waals surface area contributed by atoms with E-state index in [0.29, 0.717) is 15.6 Å². The number of rotatable bonds is 4. The number of hydrogen-bond donors (Lipinski definition) is 0. The lowest BCUT2D eigenvalue weighted by molar-refractivity contribution is 0.568. The summed E-state index contributed by atoms with van der Waals surface area (Å²) in [7, 11) is -3.79. The minimum Gasteiger partial charge on any atom is -0.221 e. The molecule has 2 rings (SSSR count). The molecule has 0 aliphatic heterocycles. The fraction of sp³-hybridized carbons (Fsp3) is 0.200. The SMILES string of the molecule is CCC(Cl)(c1cc(Cl)cc(Cl)c1)S(=O)(=O)c1ccccc1. The van der Waals surface area contributed by atoms with Gasteiger partial charge >= 0.3 is 0 Å². The molecule has 2 aromatic rings. The van der Waals surface area contributed by atoms with Crippen molar-refractivity contribution >= 4 is 44.6 Å². The van der Waals surface area contributed by atoms with Gasteiger partial charge in [0.15, 0.2) is 4.21 Å². The number of sulfone groups is 1.